The van der Waals surface area contributed by atoms with Crippen LogP contribution in [0.4, 0.5) is 0 Å². The molecule has 9 rings (SSSR count). The van der Waals surface area contributed by atoms with E-state index in [1.54, 1.807) is 0 Å². The monoisotopic (exact) mass is 571 g/mol. The zero-order valence-corrected chi connectivity index (χ0v) is 21.5. The van der Waals surface area contributed by atoms with Gasteiger partial charge in [0.1, 0.15) is 11.2 Å². The maximum Gasteiger partial charge on any atom is 0.136 e. The Kier molecular flexibility index (Phi) is 2.19. The standard InChI is InChI=1S/C42H26O/c1-2-10-27(11-3-1)41-35-13-4-6-15-37(35)42(38-16-7-5-14-36(38)41)32-21-20-28-24-29(18-19-30(28)25-32)31-22-23-34-33-12-8-9-17-39(33)43-40(34)26-31/h1-26H/i1D,2D,3D,4D,5D,6D,7D,8D,9D,10D,11D,12D,13D,14D,15D,16D,17D,18D,19D,21D,22D,23D,24D,25D,26D. The SMILES string of the molecule is [2H]c1cc2c([2H])c(-c3c([2H])c([2H])c4c(oc5c([2H])c([2H])c([2H])c([2H])c54)c3[2H])c([2H])c([2H])c2c([2H])c1-c1c2c([2H])c([2H])c([2H])c([2H])c2c(-c2c([2H])c([2H])c([2H])c([2H])c2[2H])c2c([2H])c([2H])c([2H])c([2H])c12. The van der Waals surface area contributed by atoms with Crippen LogP contribution in [0.25, 0.3) is 87.6 Å². The average Bonchev–Trinajstić information content (AvgIpc) is 3.72. The van der Waals surface area contributed by atoms with Crippen LogP contribution in [0.15, 0.2) is 162 Å². The Bertz CT molecular complexity index is 3800. The molecule has 0 saturated carbocycles. The van der Waals surface area contributed by atoms with E-state index < -0.39 is 228 Å². The minimum absolute atomic E-state index is 0.289. The van der Waals surface area contributed by atoms with Crippen molar-refractivity contribution in [1.29, 1.82) is 0 Å². The van der Waals surface area contributed by atoms with E-state index in [0.717, 1.165) is 6.07 Å². The number of hydrogen-bond donors (Lipinski definition) is 0. The van der Waals surface area contributed by atoms with E-state index in [4.69, 9.17) is 26.3 Å². The summed E-state index contributed by atoms with van der Waals surface area (Å²) in [5.74, 6) is 0. The van der Waals surface area contributed by atoms with Gasteiger partial charge in [-0.25, -0.2) is 0 Å². The number of fused-ring (bicyclic) bond motifs is 6. The summed E-state index contributed by atoms with van der Waals surface area (Å²) in [7, 11) is 0. The smallest absolute Gasteiger partial charge is 0.136 e. The molecule has 0 N–H and O–H groups in total. The maximum atomic E-state index is 9.64. The van der Waals surface area contributed by atoms with Gasteiger partial charge >= 0.3 is 0 Å². The van der Waals surface area contributed by atoms with Gasteiger partial charge < -0.3 is 4.42 Å². The fraction of sp³-hybridized carbons (Fsp3) is 0. The van der Waals surface area contributed by atoms with E-state index in [1.165, 1.54) is 0 Å². The molecule has 1 aromatic heterocycles. The molecule has 8 aromatic carbocycles. The van der Waals surface area contributed by atoms with E-state index in [9.17, 15) is 12.3 Å². The van der Waals surface area contributed by atoms with Gasteiger partial charge in [0.25, 0.3) is 0 Å². The van der Waals surface area contributed by atoms with E-state index in [0.29, 0.717) is 0 Å². The molecule has 0 radical (unpaired) electrons. The lowest BCUT2D eigenvalue weighted by Gasteiger charge is -2.18. The summed E-state index contributed by atoms with van der Waals surface area (Å²) in [5.41, 5.74) is -4.65. The lowest BCUT2D eigenvalue weighted by atomic mass is 9.85. The highest BCUT2D eigenvalue weighted by Crippen LogP contribution is 2.44. The summed E-state index contributed by atoms with van der Waals surface area (Å²) in [6.07, 6.45) is 0. The van der Waals surface area contributed by atoms with Crippen LogP contribution in [0.2, 0.25) is 0 Å². The van der Waals surface area contributed by atoms with Crippen molar-refractivity contribution in [1.82, 2.24) is 0 Å². The fourth-order valence-corrected chi connectivity index (χ4v) is 5.11. The highest BCUT2D eigenvalue weighted by atomic mass is 16.3. The second-order valence-electron chi connectivity index (χ2n) is 9.34. The van der Waals surface area contributed by atoms with Gasteiger partial charge in [-0.3, -0.25) is 0 Å². The summed E-state index contributed by atoms with van der Waals surface area (Å²) in [5, 5.41) is -4.03. The molecule has 43 heavy (non-hydrogen) atoms. The van der Waals surface area contributed by atoms with Crippen LogP contribution >= 0.6 is 0 Å². The molecule has 0 fully saturated rings. The second-order valence-corrected chi connectivity index (χ2v) is 9.34. The van der Waals surface area contributed by atoms with Crippen LogP contribution in [-0.4, -0.2) is 0 Å². The van der Waals surface area contributed by atoms with E-state index in [1.807, 2.05) is 0 Å². The minimum Gasteiger partial charge on any atom is -0.456 e. The molecule has 0 unspecified atom stereocenters. The summed E-state index contributed by atoms with van der Waals surface area (Å²) < 4.78 is 227. The molecular formula is C42H26O. The number of benzene rings is 8. The molecule has 1 nitrogen and oxygen atoms in total. The van der Waals surface area contributed by atoms with Crippen molar-refractivity contribution in [3.05, 3.63) is 157 Å². The Hall–Kier alpha value is -5.66. The molecule has 0 aliphatic rings. The normalized spacial score (nSPS) is 19.9. The van der Waals surface area contributed by atoms with Crippen LogP contribution in [0, 0.1) is 0 Å². The topological polar surface area (TPSA) is 13.1 Å². The third kappa shape index (κ3) is 3.79. The second kappa shape index (κ2) is 9.44. The molecule has 0 saturated heterocycles. The van der Waals surface area contributed by atoms with Gasteiger partial charge in [-0.2, -0.15) is 0 Å². The first-order chi connectivity index (χ1) is 31.7. The predicted molar refractivity (Wildman–Crippen MR) is 183 cm³/mol. The predicted octanol–water partition coefficient (Wildman–Crippen LogP) is 12.0. The van der Waals surface area contributed by atoms with Gasteiger partial charge in [-0.15, -0.1) is 0 Å². The van der Waals surface area contributed by atoms with Crippen molar-refractivity contribution in [2.24, 2.45) is 0 Å². The number of hydrogen-bond acceptors (Lipinski definition) is 1. The lowest BCUT2D eigenvalue weighted by Crippen LogP contribution is -1.90. The Morgan fingerprint density at radius 2 is 0.884 bits per heavy atom. The highest BCUT2D eigenvalue weighted by Gasteiger charge is 2.16. The minimum atomic E-state index is -0.909. The lowest BCUT2D eigenvalue weighted by molar-refractivity contribution is 0.669. The van der Waals surface area contributed by atoms with Gasteiger partial charge in [-0.1, -0.05) is 127 Å². The summed E-state index contributed by atoms with van der Waals surface area (Å²) >= 11 is 0. The van der Waals surface area contributed by atoms with Crippen molar-refractivity contribution in [2.75, 3.05) is 0 Å². The first-order valence-corrected chi connectivity index (χ1v) is 12.7. The Morgan fingerprint density at radius 1 is 0.349 bits per heavy atom. The van der Waals surface area contributed by atoms with Crippen molar-refractivity contribution >= 4 is 54.3 Å². The largest absolute Gasteiger partial charge is 0.456 e. The zero-order valence-electron chi connectivity index (χ0n) is 46.5. The number of para-hydroxylation sites is 1. The zero-order chi connectivity index (χ0) is 50.1. The molecule has 0 atom stereocenters. The summed E-state index contributed by atoms with van der Waals surface area (Å²) in [6.45, 7) is 0. The molecule has 0 bridgehead atoms. The van der Waals surface area contributed by atoms with Crippen LogP contribution in [-0.2, 0) is 0 Å². The molecule has 0 amide bonds. The molecule has 0 aliphatic heterocycles. The van der Waals surface area contributed by atoms with Crippen LogP contribution in [0.3, 0.4) is 0 Å². The van der Waals surface area contributed by atoms with Gasteiger partial charge in [0, 0.05) is 10.8 Å². The fourth-order valence-electron chi connectivity index (χ4n) is 5.11. The first kappa shape index (κ1) is 9.97. The summed E-state index contributed by atoms with van der Waals surface area (Å²) in [6, 6.07) is -19.6. The van der Waals surface area contributed by atoms with E-state index in [2.05, 4.69) is 0 Å². The van der Waals surface area contributed by atoms with Gasteiger partial charge in [0.05, 0.1) is 34.3 Å². The van der Waals surface area contributed by atoms with E-state index in [-0.39, 0.29) is 10.8 Å². The van der Waals surface area contributed by atoms with Gasteiger partial charge in [0.15, 0.2) is 0 Å². The van der Waals surface area contributed by atoms with Crippen molar-refractivity contribution in [3.63, 3.8) is 0 Å². The molecule has 0 spiro atoms. The third-order valence-corrected chi connectivity index (χ3v) is 6.96. The molecule has 1 heteroatoms. The number of furan rings is 1. The molecule has 0 aliphatic carbocycles. The Balaban J connectivity index is 1.47. The summed E-state index contributed by atoms with van der Waals surface area (Å²) in [4.78, 5) is 0. The Morgan fingerprint density at radius 3 is 1.60 bits per heavy atom. The van der Waals surface area contributed by atoms with Gasteiger partial charge in [0.2, 0.25) is 0 Å². The average molecular weight is 572 g/mol. The molecule has 1 heterocycles. The van der Waals surface area contributed by atoms with Crippen molar-refractivity contribution < 1.29 is 38.7 Å². The molecule has 9 aromatic rings. The van der Waals surface area contributed by atoms with Gasteiger partial charge in [-0.05, 0) is 95.9 Å². The third-order valence-electron chi connectivity index (χ3n) is 6.96. The van der Waals surface area contributed by atoms with Crippen molar-refractivity contribution in [2.45, 2.75) is 0 Å². The quantitative estimate of drug-likeness (QED) is 0.192. The maximum absolute atomic E-state index is 9.64. The van der Waals surface area contributed by atoms with Crippen LogP contribution in [0.5, 0.6) is 0 Å². The Labute approximate surface area is 284 Å². The number of rotatable bonds is 3. The van der Waals surface area contributed by atoms with Crippen molar-refractivity contribution in [3.8, 4) is 33.4 Å². The van der Waals surface area contributed by atoms with Crippen LogP contribution in [0.1, 0.15) is 34.3 Å². The highest BCUT2D eigenvalue weighted by molar-refractivity contribution is 6.21. The van der Waals surface area contributed by atoms with Crippen LogP contribution < -0.4 is 0 Å². The van der Waals surface area contributed by atoms with E-state index >= 15 is 0 Å². The first-order valence-electron chi connectivity index (χ1n) is 25.2. The molecular weight excluding hydrogens is 520 g/mol. The molecule has 200 valence electrons.